The number of rotatable bonds is 5. The second-order valence-electron chi connectivity index (χ2n) is 7.84. The summed E-state index contributed by atoms with van der Waals surface area (Å²) in [5, 5.41) is 3.50. The molecular formula is C20H23N7O2. The zero-order valence-electron chi connectivity index (χ0n) is 16.1. The Labute approximate surface area is 168 Å². The van der Waals surface area contributed by atoms with E-state index in [1.165, 1.54) is 18.4 Å². The van der Waals surface area contributed by atoms with E-state index in [9.17, 15) is 0 Å². The number of fused-ring (bicyclic) bond motifs is 2. The van der Waals surface area contributed by atoms with Crippen LogP contribution in [0.4, 0.5) is 11.8 Å². The summed E-state index contributed by atoms with van der Waals surface area (Å²) >= 11 is 0. The van der Waals surface area contributed by atoms with Crippen LogP contribution in [0.2, 0.25) is 0 Å². The quantitative estimate of drug-likeness (QED) is 0.680. The first-order valence-electron chi connectivity index (χ1n) is 10.2. The monoisotopic (exact) mass is 393 g/mol. The molecular weight excluding hydrogens is 370 g/mol. The van der Waals surface area contributed by atoms with E-state index < -0.39 is 0 Å². The minimum atomic E-state index is 0.315. The average molecular weight is 393 g/mol. The van der Waals surface area contributed by atoms with E-state index in [4.69, 9.17) is 14.5 Å². The molecule has 9 nitrogen and oxygen atoms in total. The van der Waals surface area contributed by atoms with Gasteiger partial charge in [-0.25, -0.2) is 4.98 Å². The lowest BCUT2D eigenvalue weighted by Gasteiger charge is -2.34. The van der Waals surface area contributed by atoms with E-state index in [2.05, 4.69) is 42.2 Å². The summed E-state index contributed by atoms with van der Waals surface area (Å²) in [7, 11) is 0. The van der Waals surface area contributed by atoms with Crippen LogP contribution in [0.5, 0.6) is 11.5 Å². The van der Waals surface area contributed by atoms with E-state index in [-0.39, 0.29) is 0 Å². The molecule has 1 saturated carbocycles. The van der Waals surface area contributed by atoms with Gasteiger partial charge in [-0.2, -0.15) is 9.97 Å². The highest BCUT2D eigenvalue weighted by Gasteiger charge is 2.25. The topological polar surface area (TPSA) is 91.4 Å². The molecule has 0 atom stereocenters. The molecule has 2 aromatic heterocycles. The molecule has 4 heterocycles. The third-order valence-corrected chi connectivity index (χ3v) is 5.69. The molecule has 0 amide bonds. The van der Waals surface area contributed by atoms with Gasteiger partial charge in [-0.05, 0) is 30.5 Å². The van der Waals surface area contributed by atoms with Crippen LogP contribution < -0.4 is 19.7 Å². The SMILES string of the molecule is c1nc2nc(N3CCN(Cc4ccc5c(c4)OCO5)CC3)nc(NC3CC3)c2[nH]1. The zero-order chi connectivity index (χ0) is 19.2. The van der Waals surface area contributed by atoms with Crippen LogP contribution in [0, 0.1) is 0 Å². The standard InChI is InChI=1S/C20H23N7O2/c1-4-15-16(29-12-28-15)9-13(1)10-26-5-7-27(8-6-26)20-24-18-17(21-11-22-18)19(25-20)23-14-2-3-14/h1,4,9,11,14H,2-3,5-8,10,12H2,(H2,21,22,23,24,25). The van der Waals surface area contributed by atoms with Crippen molar-refractivity contribution in [2.75, 3.05) is 43.2 Å². The van der Waals surface area contributed by atoms with Crippen LogP contribution in [0.25, 0.3) is 11.2 Å². The van der Waals surface area contributed by atoms with Crippen molar-refractivity contribution >= 4 is 22.9 Å². The smallest absolute Gasteiger partial charge is 0.231 e. The van der Waals surface area contributed by atoms with Crippen molar-refractivity contribution in [3.05, 3.63) is 30.1 Å². The molecule has 150 valence electrons. The van der Waals surface area contributed by atoms with Gasteiger partial charge in [0.2, 0.25) is 12.7 Å². The molecule has 3 aliphatic rings. The van der Waals surface area contributed by atoms with Crippen LogP contribution in [-0.2, 0) is 6.54 Å². The van der Waals surface area contributed by atoms with E-state index in [1.54, 1.807) is 6.33 Å². The predicted octanol–water partition coefficient (Wildman–Crippen LogP) is 1.98. The van der Waals surface area contributed by atoms with E-state index in [0.29, 0.717) is 12.8 Å². The molecule has 1 aromatic carbocycles. The Kier molecular flexibility index (Phi) is 3.93. The first-order chi connectivity index (χ1) is 14.3. The number of nitrogens with one attached hydrogen (secondary N) is 2. The van der Waals surface area contributed by atoms with Gasteiger partial charge < -0.3 is 24.7 Å². The maximum Gasteiger partial charge on any atom is 0.231 e. The van der Waals surface area contributed by atoms with Crippen LogP contribution >= 0.6 is 0 Å². The normalized spacial score (nSPS) is 19.1. The van der Waals surface area contributed by atoms with Gasteiger partial charge in [-0.1, -0.05) is 6.07 Å². The number of hydrogen-bond donors (Lipinski definition) is 2. The minimum Gasteiger partial charge on any atom is -0.454 e. The highest BCUT2D eigenvalue weighted by Crippen LogP contribution is 2.33. The third-order valence-electron chi connectivity index (χ3n) is 5.69. The van der Waals surface area contributed by atoms with Gasteiger partial charge in [0.1, 0.15) is 5.52 Å². The van der Waals surface area contributed by atoms with Crippen molar-refractivity contribution in [2.24, 2.45) is 0 Å². The van der Waals surface area contributed by atoms with Gasteiger partial charge in [-0.15, -0.1) is 0 Å². The fourth-order valence-electron chi connectivity index (χ4n) is 3.89. The van der Waals surface area contributed by atoms with Gasteiger partial charge in [-0.3, -0.25) is 4.90 Å². The number of nitrogens with zero attached hydrogens (tertiary/aromatic N) is 5. The van der Waals surface area contributed by atoms with Crippen LogP contribution in [0.3, 0.4) is 0 Å². The Morgan fingerprint density at radius 1 is 1.07 bits per heavy atom. The van der Waals surface area contributed by atoms with Crippen molar-refractivity contribution in [3.63, 3.8) is 0 Å². The summed E-state index contributed by atoms with van der Waals surface area (Å²) in [5.74, 6) is 3.31. The second kappa shape index (κ2) is 6.77. The van der Waals surface area contributed by atoms with Crippen LogP contribution in [0.1, 0.15) is 18.4 Å². The first-order valence-corrected chi connectivity index (χ1v) is 10.2. The Morgan fingerprint density at radius 3 is 2.79 bits per heavy atom. The van der Waals surface area contributed by atoms with Gasteiger partial charge in [0.15, 0.2) is 23.0 Å². The van der Waals surface area contributed by atoms with Crippen LogP contribution in [0.15, 0.2) is 24.5 Å². The summed E-state index contributed by atoms with van der Waals surface area (Å²) in [4.78, 5) is 21.7. The number of imidazole rings is 1. The van der Waals surface area contributed by atoms with Crippen molar-refractivity contribution in [1.29, 1.82) is 0 Å². The summed E-state index contributed by atoms with van der Waals surface area (Å²) in [6.45, 7) is 4.92. The Balaban J connectivity index is 1.14. The van der Waals surface area contributed by atoms with Crippen molar-refractivity contribution in [3.8, 4) is 11.5 Å². The summed E-state index contributed by atoms with van der Waals surface area (Å²) in [5.41, 5.74) is 2.86. The molecule has 2 N–H and O–H groups in total. The number of benzene rings is 1. The lowest BCUT2D eigenvalue weighted by molar-refractivity contribution is 0.174. The van der Waals surface area contributed by atoms with Crippen molar-refractivity contribution in [2.45, 2.75) is 25.4 Å². The largest absolute Gasteiger partial charge is 0.454 e. The number of ether oxygens (including phenoxy) is 2. The van der Waals surface area contributed by atoms with E-state index in [0.717, 1.165) is 67.2 Å². The fourth-order valence-corrected chi connectivity index (χ4v) is 3.89. The number of H-pyrrole nitrogens is 1. The molecule has 2 aliphatic heterocycles. The van der Waals surface area contributed by atoms with Gasteiger partial charge in [0.25, 0.3) is 0 Å². The minimum absolute atomic E-state index is 0.315. The lowest BCUT2D eigenvalue weighted by Crippen LogP contribution is -2.46. The highest BCUT2D eigenvalue weighted by atomic mass is 16.7. The molecule has 0 spiro atoms. The average Bonchev–Trinajstić information content (AvgIpc) is 3.23. The van der Waals surface area contributed by atoms with Crippen molar-refractivity contribution in [1.82, 2.24) is 24.8 Å². The molecule has 0 unspecified atom stereocenters. The van der Waals surface area contributed by atoms with Gasteiger partial charge in [0.05, 0.1) is 6.33 Å². The molecule has 1 aliphatic carbocycles. The van der Waals surface area contributed by atoms with Gasteiger partial charge >= 0.3 is 0 Å². The number of anilines is 2. The summed E-state index contributed by atoms with van der Waals surface area (Å²) in [6.07, 6.45) is 4.09. The van der Waals surface area contributed by atoms with E-state index >= 15 is 0 Å². The Morgan fingerprint density at radius 2 is 1.93 bits per heavy atom. The number of piperazine rings is 1. The van der Waals surface area contributed by atoms with Crippen molar-refractivity contribution < 1.29 is 9.47 Å². The number of hydrogen-bond acceptors (Lipinski definition) is 8. The Bertz CT molecular complexity index is 1040. The molecule has 29 heavy (non-hydrogen) atoms. The zero-order valence-corrected chi connectivity index (χ0v) is 16.1. The first kappa shape index (κ1) is 16.8. The van der Waals surface area contributed by atoms with Gasteiger partial charge in [0, 0.05) is 38.8 Å². The highest BCUT2D eigenvalue weighted by molar-refractivity contribution is 5.84. The molecule has 6 rings (SSSR count). The summed E-state index contributed by atoms with van der Waals surface area (Å²) in [6, 6.07) is 6.72. The fraction of sp³-hybridized carbons (Fsp3) is 0.450. The molecule has 9 heteroatoms. The molecule has 3 aromatic rings. The summed E-state index contributed by atoms with van der Waals surface area (Å²) < 4.78 is 10.9. The predicted molar refractivity (Wildman–Crippen MR) is 108 cm³/mol. The number of aromatic nitrogens is 4. The number of aromatic amines is 1. The molecule has 2 fully saturated rings. The maximum absolute atomic E-state index is 5.49. The van der Waals surface area contributed by atoms with E-state index in [1.807, 2.05) is 6.07 Å². The Hall–Kier alpha value is -3.07. The second-order valence-corrected chi connectivity index (χ2v) is 7.84. The lowest BCUT2D eigenvalue weighted by atomic mass is 10.1. The molecule has 0 bridgehead atoms. The maximum atomic E-state index is 5.49. The molecule has 0 radical (unpaired) electrons. The third kappa shape index (κ3) is 3.31. The van der Waals surface area contributed by atoms with Crippen LogP contribution in [-0.4, -0.2) is 63.8 Å². The molecule has 1 saturated heterocycles.